The number of pyridine rings is 1. The number of hydrogen-bond acceptors (Lipinski definition) is 4. The van der Waals surface area contributed by atoms with Crippen molar-refractivity contribution in [1.82, 2.24) is 4.98 Å². The lowest BCUT2D eigenvalue weighted by Crippen LogP contribution is -2.22. The molecule has 2 aromatic rings. The zero-order chi connectivity index (χ0) is 14.5. The number of carboxylic acids is 1. The number of thioether (sulfide) groups is 1. The van der Waals surface area contributed by atoms with Crippen LogP contribution in [0.5, 0.6) is 0 Å². The fraction of sp³-hybridized carbons (Fsp3) is 0.333. The van der Waals surface area contributed by atoms with Crippen LogP contribution in [-0.4, -0.2) is 34.1 Å². The summed E-state index contributed by atoms with van der Waals surface area (Å²) in [5, 5.41) is 13.3. The summed E-state index contributed by atoms with van der Waals surface area (Å²) in [7, 11) is 0. The van der Waals surface area contributed by atoms with Crippen molar-refractivity contribution >= 4 is 34.5 Å². The van der Waals surface area contributed by atoms with Gasteiger partial charge in [-0.15, -0.1) is 0 Å². The average Bonchev–Trinajstić information content (AvgIpc) is 2.45. The van der Waals surface area contributed by atoms with Gasteiger partial charge in [-0.1, -0.05) is 25.1 Å². The number of para-hydroxylation sites is 1. The van der Waals surface area contributed by atoms with Crippen molar-refractivity contribution in [2.24, 2.45) is 0 Å². The van der Waals surface area contributed by atoms with Crippen molar-refractivity contribution in [3.8, 4) is 0 Å². The molecule has 20 heavy (non-hydrogen) atoms. The van der Waals surface area contributed by atoms with Crippen LogP contribution in [0.2, 0.25) is 0 Å². The summed E-state index contributed by atoms with van der Waals surface area (Å²) in [4.78, 5) is 15.9. The molecule has 5 heteroatoms. The second-order valence-electron chi connectivity index (χ2n) is 4.58. The van der Waals surface area contributed by atoms with E-state index in [4.69, 9.17) is 0 Å². The van der Waals surface area contributed by atoms with E-state index in [1.54, 1.807) is 23.9 Å². The number of fused-ring (bicyclic) bond motifs is 1. The third kappa shape index (κ3) is 3.22. The maximum Gasteiger partial charge on any atom is 0.336 e. The van der Waals surface area contributed by atoms with Gasteiger partial charge in [0.15, 0.2) is 0 Å². The van der Waals surface area contributed by atoms with E-state index in [1.807, 2.05) is 18.2 Å². The van der Waals surface area contributed by atoms with E-state index in [2.05, 4.69) is 23.5 Å². The highest BCUT2D eigenvalue weighted by Crippen LogP contribution is 2.21. The van der Waals surface area contributed by atoms with Gasteiger partial charge in [-0.05, 0) is 24.8 Å². The van der Waals surface area contributed by atoms with E-state index in [1.165, 1.54) is 0 Å². The zero-order valence-electron chi connectivity index (χ0n) is 11.6. The van der Waals surface area contributed by atoms with Crippen LogP contribution in [0.4, 0.5) is 5.82 Å². The third-order valence-corrected chi connectivity index (χ3v) is 3.89. The number of carboxylic acid groups (broad SMARTS) is 1. The number of carbonyl (C=O) groups is 1. The van der Waals surface area contributed by atoms with Gasteiger partial charge in [0, 0.05) is 17.2 Å². The molecule has 1 aromatic heterocycles. The lowest BCUT2D eigenvalue weighted by Gasteiger charge is -2.17. The number of nitrogens with one attached hydrogen (secondary N) is 1. The number of aromatic nitrogens is 1. The molecule has 0 aliphatic heterocycles. The number of benzene rings is 1. The highest BCUT2D eigenvalue weighted by molar-refractivity contribution is 7.98. The minimum absolute atomic E-state index is 0.289. The summed E-state index contributed by atoms with van der Waals surface area (Å²) in [6.45, 7) is 2.10. The summed E-state index contributed by atoms with van der Waals surface area (Å²) >= 11 is 1.76. The van der Waals surface area contributed by atoms with Crippen LogP contribution >= 0.6 is 11.8 Å². The van der Waals surface area contributed by atoms with E-state index < -0.39 is 5.97 Å². The SMILES string of the molecule is CCC(CSC)Nc1cc(C(=O)O)c2ccccc2n1. The first-order valence-corrected chi connectivity index (χ1v) is 7.93. The number of hydrogen-bond donors (Lipinski definition) is 2. The molecule has 0 radical (unpaired) electrons. The molecule has 0 aliphatic rings. The molecule has 2 rings (SSSR count). The van der Waals surface area contributed by atoms with Crippen LogP contribution in [0.25, 0.3) is 10.9 Å². The quantitative estimate of drug-likeness (QED) is 0.852. The monoisotopic (exact) mass is 290 g/mol. The summed E-state index contributed by atoms with van der Waals surface area (Å²) in [6, 6.07) is 9.22. The standard InChI is InChI=1S/C15H18N2O2S/c1-3-10(9-20-2)16-14-8-12(15(18)19)11-6-4-5-7-13(11)17-14/h4-8,10H,3,9H2,1-2H3,(H,16,17)(H,18,19). The van der Waals surface area contributed by atoms with Crippen molar-refractivity contribution in [1.29, 1.82) is 0 Å². The predicted octanol–water partition coefficient (Wildman–Crippen LogP) is 3.49. The van der Waals surface area contributed by atoms with E-state index in [0.29, 0.717) is 22.8 Å². The van der Waals surface area contributed by atoms with E-state index in [0.717, 1.165) is 12.2 Å². The van der Waals surface area contributed by atoms with Gasteiger partial charge >= 0.3 is 5.97 Å². The lowest BCUT2D eigenvalue weighted by atomic mass is 10.1. The average molecular weight is 290 g/mol. The van der Waals surface area contributed by atoms with Crippen LogP contribution in [0.1, 0.15) is 23.7 Å². The molecule has 2 N–H and O–H groups in total. The molecule has 0 saturated heterocycles. The van der Waals surface area contributed by atoms with E-state index >= 15 is 0 Å². The van der Waals surface area contributed by atoms with E-state index in [-0.39, 0.29) is 5.56 Å². The maximum atomic E-state index is 11.4. The smallest absolute Gasteiger partial charge is 0.336 e. The summed E-state index contributed by atoms with van der Waals surface area (Å²) < 4.78 is 0. The Labute approximate surface area is 122 Å². The molecule has 1 aromatic carbocycles. The van der Waals surface area contributed by atoms with Crippen molar-refractivity contribution in [3.05, 3.63) is 35.9 Å². The fourth-order valence-electron chi connectivity index (χ4n) is 2.10. The molecule has 0 fully saturated rings. The third-order valence-electron chi connectivity index (χ3n) is 3.16. The fourth-order valence-corrected chi connectivity index (χ4v) is 2.82. The van der Waals surface area contributed by atoms with Crippen molar-refractivity contribution in [2.75, 3.05) is 17.3 Å². The Bertz CT molecular complexity index is 616. The van der Waals surface area contributed by atoms with Crippen LogP contribution in [-0.2, 0) is 0 Å². The molecule has 0 amide bonds. The second kappa shape index (κ2) is 6.61. The highest BCUT2D eigenvalue weighted by atomic mass is 32.2. The van der Waals surface area contributed by atoms with Gasteiger partial charge in [-0.3, -0.25) is 0 Å². The Hall–Kier alpha value is -1.75. The van der Waals surface area contributed by atoms with Crippen LogP contribution in [0.3, 0.4) is 0 Å². The number of aromatic carboxylic acids is 1. The van der Waals surface area contributed by atoms with Crippen LogP contribution < -0.4 is 5.32 Å². The van der Waals surface area contributed by atoms with Gasteiger partial charge in [-0.25, -0.2) is 9.78 Å². The maximum absolute atomic E-state index is 11.4. The molecule has 0 bridgehead atoms. The van der Waals surface area contributed by atoms with Gasteiger partial charge in [0.2, 0.25) is 0 Å². The normalized spacial score (nSPS) is 12.3. The summed E-state index contributed by atoms with van der Waals surface area (Å²) in [5.41, 5.74) is 0.992. The molecule has 1 heterocycles. The first kappa shape index (κ1) is 14.7. The topological polar surface area (TPSA) is 62.2 Å². The Morgan fingerprint density at radius 3 is 2.85 bits per heavy atom. The largest absolute Gasteiger partial charge is 0.478 e. The van der Waals surface area contributed by atoms with Crippen molar-refractivity contribution < 1.29 is 9.90 Å². The number of anilines is 1. The molecule has 0 aliphatic carbocycles. The van der Waals surface area contributed by atoms with Crippen LogP contribution in [0, 0.1) is 0 Å². The first-order chi connectivity index (χ1) is 9.65. The minimum Gasteiger partial charge on any atom is -0.478 e. The van der Waals surface area contributed by atoms with Crippen LogP contribution in [0.15, 0.2) is 30.3 Å². The van der Waals surface area contributed by atoms with Gasteiger partial charge in [0.1, 0.15) is 5.82 Å². The zero-order valence-corrected chi connectivity index (χ0v) is 12.4. The van der Waals surface area contributed by atoms with Gasteiger partial charge in [-0.2, -0.15) is 11.8 Å². The second-order valence-corrected chi connectivity index (χ2v) is 5.49. The Balaban J connectivity index is 2.42. The van der Waals surface area contributed by atoms with Gasteiger partial charge in [0.05, 0.1) is 11.1 Å². The molecule has 1 atom stereocenters. The number of nitrogens with zero attached hydrogens (tertiary/aromatic N) is 1. The Kier molecular flexibility index (Phi) is 4.84. The first-order valence-electron chi connectivity index (χ1n) is 6.54. The number of rotatable bonds is 6. The molecule has 0 spiro atoms. The molecule has 0 saturated carbocycles. The minimum atomic E-state index is -0.926. The lowest BCUT2D eigenvalue weighted by molar-refractivity contribution is 0.0699. The Morgan fingerprint density at radius 1 is 1.45 bits per heavy atom. The molecular weight excluding hydrogens is 272 g/mol. The molecule has 106 valence electrons. The van der Waals surface area contributed by atoms with Crippen molar-refractivity contribution in [2.45, 2.75) is 19.4 Å². The summed E-state index contributed by atoms with van der Waals surface area (Å²) in [5.74, 6) is 0.666. The summed E-state index contributed by atoms with van der Waals surface area (Å²) in [6.07, 6.45) is 3.03. The predicted molar refractivity (Wildman–Crippen MR) is 84.8 cm³/mol. The molecular formula is C15H18N2O2S. The molecule has 1 unspecified atom stereocenters. The van der Waals surface area contributed by atoms with Gasteiger partial charge in [0.25, 0.3) is 0 Å². The molecule has 4 nitrogen and oxygen atoms in total. The highest BCUT2D eigenvalue weighted by Gasteiger charge is 2.13. The van der Waals surface area contributed by atoms with Gasteiger partial charge < -0.3 is 10.4 Å². The van der Waals surface area contributed by atoms with Crippen molar-refractivity contribution in [3.63, 3.8) is 0 Å². The Morgan fingerprint density at radius 2 is 2.20 bits per heavy atom. The van der Waals surface area contributed by atoms with E-state index in [9.17, 15) is 9.90 Å².